The molecule has 29 heavy (non-hydrogen) atoms. The van der Waals surface area contributed by atoms with E-state index < -0.39 is 0 Å². The first-order valence-corrected chi connectivity index (χ1v) is 9.80. The third-order valence-corrected chi connectivity index (χ3v) is 5.34. The zero-order valence-electron chi connectivity index (χ0n) is 16.8. The first-order chi connectivity index (χ1) is 14.1. The lowest BCUT2D eigenvalue weighted by atomic mass is 9.81. The SMILES string of the molecule is COc1ccc(NC(=O)C2CCC(C(=O)NCc3ccncc3)CC2)cc1OC. The van der Waals surface area contributed by atoms with E-state index in [0.717, 1.165) is 5.56 Å². The molecule has 7 heteroatoms. The van der Waals surface area contributed by atoms with Gasteiger partial charge in [0.05, 0.1) is 14.2 Å². The van der Waals surface area contributed by atoms with Gasteiger partial charge in [0.1, 0.15) is 0 Å². The Morgan fingerprint density at radius 3 is 2.17 bits per heavy atom. The summed E-state index contributed by atoms with van der Waals surface area (Å²) in [7, 11) is 3.13. The number of carbonyl (C=O) groups is 2. The van der Waals surface area contributed by atoms with Gasteiger partial charge in [-0.05, 0) is 55.5 Å². The summed E-state index contributed by atoms with van der Waals surface area (Å²) in [6, 6.07) is 9.07. The molecule has 0 radical (unpaired) electrons. The maximum absolute atomic E-state index is 12.6. The smallest absolute Gasteiger partial charge is 0.227 e. The van der Waals surface area contributed by atoms with Crippen molar-refractivity contribution in [2.24, 2.45) is 11.8 Å². The Balaban J connectivity index is 1.47. The summed E-state index contributed by atoms with van der Waals surface area (Å²) in [6.45, 7) is 0.501. The molecule has 1 aromatic carbocycles. The highest BCUT2D eigenvalue weighted by Crippen LogP contribution is 2.32. The number of rotatable bonds is 7. The number of anilines is 1. The van der Waals surface area contributed by atoms with Gasteiger partial charge in [-0.2, -0.15) is 0 Å². The van der Waals surface area contributed by atoms with E-state index in [-0.39, 0.29) is 23.7 Å². The van der Waals surface area contributed by atoms with E-state index >= 15 is 0 Å². The van der Waals surface area contributed by atoms with Crippen LogP contribution in [0.1, 0.15) is 31.2 Å². The van der Waals surface area contributed by atoms with Crippen molar-refractivity contribution >= 4 is 17.5 Å². The van der Waals surface area contributed by atoms with Crippen LogP contribution in [-0.2, 0) is 16.1 Å². The molecule has 0 atom stereocenters. The number of methoxy groups -OCH3 is 2. The average Bonchev–Trinajstić information content (AvgIpc) is 2.78. The fraction of sp³-hybridized carbons (Fsp3) is 0.409. The molecule has 2 N–H and O–H groups in total. The van der Waals surface area contributed by atoms with Crippen molar-refractivity contribution in [2.45, 2.75) is 32.2 Å². The van der Waals surface area contributed by atoms with Crippen LogP contribution in [0, 0.1) is 11.8 Å². The van der Waals surface area contributed by atoms with E-state index in [2.05, 4.69) is 15.6 Å². The summed E-state index contributed by atoms with van der Waals surface area (Å²) in [5.74, 6) is 1.09. The summed E-state index contributed by atoms with van der Waals surface area (Å²) in [6.07, 6.45) is 6.25. The minimum atomic E-state index is -0.0904. The van der Waals surface area contributed by atoms with Crippen LogP contribution in [0.15, 0.2) is 42.7 Å². The molecule has 3 rings (SSSR count). The molecule has 0 bridgehead atoms. The van der Waals surface area contributed by atoms with Gasteiger partial charge in [-0.15, -0.1) is 0 Å². The van der Waals surface area contributed by atoms with Gasteiger partial charge in [-0.3, -0.25) is 14.6 Å². The van der Waals surface area contributed by atoms with Crippen molar-refractivity contribution in [1.29, 1.82) is 0 Å². The molecule has 1 aromatic heterocycles. The number of benzene rings is 1. The number of ether oxygens (including phenoxy) is 2. The first-order valence-electron chi connectivity index (χ1n) is 9.80. The van der Waals surface area contributed by atoms with Crippen molar-refractivity contribution in [1.82, 2.24) is 10.3 Å². The number of aromatic nitrogens is 1. The van der Waals surface area contributed by atoms with Gasteiger partial charge in [0.15, 0.2) is 11.5 Å². The van der Waals surface area contributed by atoms with Crippen molar-refractivity contribution in [3.63, 3.8) is 0 Å². The molecule has 2 amide bonds. The lowest BCUT2D eigenvalue weighted by Gasteiger charge is -2.27. The highest BCUT2D eigenvalue weighted by molar-refractivity contribution is 5.93. The number of amides is 2. The quantitative estimate of drug-likeness (QED) is 0.749. The molecular weight excluding hydrogens is 370 g/mol. The summed E-state index contributed by atoms with van der Waals surface area (Å²) in [4.78, 5) is 29.0. The van der Waals surface area contributed by atoms with Crippen LogP contribution in [0.3, 0.4) is 0 Å². The standard InChI is InChI=1S/C22H27N3O4/c1-28-19-8-7-18(13-20(19)29-2)25-22(27)17-5-3-16(4-6-17)21(26)24-14-15-9-11-23-12-10-15/h7-13,16-17H,3-6,14H2,1-2H3,(H,24,26)(H,25,27). The van der Waals surface area contributed by atoms with Gasteiger partial charge in [0.25, 0.3) is 0 Å². The molecule has 7 nitrogen and oxygen atoms in total. The summed E-state index contributed by atoms with van der Waals surface area (Å²) >= 11 is 0. The number of nitrogens with zero attached hydrogens (tertiary/aromatic N) is 1. The Morgan fingerprint density at radius 2 is 1.55 bits per heavy atom. The molecule has 0 spiro atoms. The molecule has 154 valence electrons. The van der Waals surface area contributed by atoms with E-state index in [4.69, 9.17) is 9.47 Å². The number of hydrogen-bond acceptors (Lipinski definition) is 5. The van der Waals surface area contributed by atoms with Crippen LogP contribution >= 0.6 is 0 Å². The van der Waals surface area contributed by atoms with Crippen LogP contribution < -0.4 is 20.1 Å². The first kappa shape index (κ1) is 20.6. The second-order valence-corrected chi connectivity index (χ2v) is 7.18. The molecule has 0 aliphatic heterocycles. The number of nitrogens with one attached hydrogen (secondary N) is 2. The van der Waals surface area contributed by atoms with Crippen molar-refractivity contribution in [3.8, 4) is 11.5 Å². The van der Waals surface area contributed by atoms with E-state index in [9.17, 15) is 9.59 Å². The molecule has 1 saturated carbocycles. The number of carbonyl (C=O) groups excluding carboxylic acids is 2. The van der Waals surface area contributed by atoms with E-state index in [1.807, 2.05) is 12.1 Å². The minimum Gasteiger partial charge on any atom is -0.493 e. The van der Waals surface area contributed by atoms with E-state index in [1.54, 1.807) is 44.8 Å². The zero-order chi connectivity index (χ0) is 20.6. The predicted octanol–water partition coefficient (Wildman–Crippen LogP) is 3.16. The maximum Gasteiger partial charge on any atom is 0.227 e. The normalized spacial score (nSPS) is 18.6. The lowest BCUT2D eigenvalue weighted by Crippen LogP contribution is -2.35. The number of hydrogen-bond donors (Lipinski definition) is 2. The molecule has 1 aliphatic carbocycles. The zero-order valence-corrected chi connectivity index (χ0v) is 16.8. The van der Waals surface area contributed by atoms with Gasteiger partial charge >= 0.3 is 0 Å². The Morgan fingerprint density at radius 1 is 0.931 bits per heavy atom. The summed E-state index contributed by atoms with van der Waals surface area (Å²) in [5.41, 5.74) is 1.70. The Hall–Kier alpha value is -3.09. The Bertz CT molecular complexity index is 833. The topological polar surface area (TPSA) is 89.5 Å². The van der Waals surface area contributed by atoms with Crippen LogP contribution in [-0.4, -0.2) is 31.0 Å². The van der Waals surface area contributed by atoms with Crippen molar-refractivity contribution in [2.75, 3.05) is 19.5 Å². The van der Waals surface area contributed by atoms with E-state index in [0.29, 0.717) is 49.4 Å². The van der Waals surface area contributed by atoms with Gasteiger partial charge in [-0.25, -0.2) is 0 Å². The molecule has 1 aliphatic rings. The van der Waals surface area contributed by atoms with E-state index in [1.165, 1.54) is 0 Å². The second-order valence-electron chi connectivity index (χ2n) is 7.18. The van der Waals surface area contributed by atoms with Crippen LogP contribution in [0.2, 0.25) is 0 Å². The van der Waals surface area contributed by atoms with Gasteiger partial charge in [0.2, 0.25) is 11.8 Å². The molecule has 2 aromatic rings. The van der Waals surface area contributed by atoms with Gasteiger partial charge in [-0.1, -0.05) is 0 Å². The largest absolute Gasteiger partial charge is 0.493 e. The third-order valence-electron chi connectivity index (χ3n) is 5.34. The third kappa shape index (κ3) is 5.47. The minimum absolute atomic E-state index is 0.0205. The van der Waals surface area contributed by atoms with Crippen molar-refractivity contribution < 1.29 is 19.1 Å². The molecule has 1 heterocycles. The molecule has 0 unspecified atom stereocenters. The average molecular weight is 397 g/mol. The molecule has 1 fully saturated rings. The fourth-order valence-corrected chi connectivity index (χ4v) is 3.61. The van der Waals surface area contributed by atoms with Gasteiger partial charge in [0, 0.05) is 42.5 Å². The lowest BCUT2D eigenvalue weighted by molar-refractivity contribution is -0.128. The fourth-order valence-electron chi connectivity index (χ4n) is 3.61. The van der Waals surface area contributed by atoms with Crippen LogP contribution in [0.5, 0.6) is 11.5 Å². The summed E-state index contributed by atoms with van der Waals surface area (Å²) in [5, 5.41) is 5.93. The Kier molecular flexibility index (Phi) is 7.05. The highest BCUT2D eigenvalue weighted by Gasteiger charge is 2.30. The van der Waals surface area contributed by atoms with Crippen LogP contribution in [0.4, 0.5) is 5.69 Å². The predicted molar refractivity (Wildman–Crippen MR) is 110 cm³/mol. The monoisotopic (exact) mass is 397 g/mol. The number of pyridine rings is 1. The van der Waals surface area contributed by atoms with Crippen molar-refractivity contribution in [3.05, 3.63) is 48.3 Å². The Labute approximate surface area is 170 Å². The van der Waals surface area contributed by atoms with Crippen LogP contribution in [0.25, 0.3) is 0 Å². The summed E-state index contributed by atoms with van der Waals surface area (Å²) < 4.78 is 10.5. The highest BCUT2D eigenvalue weighted by atomic mass is 16.5. The molecule has 0 saturated heterocycles. The molecular formula is C22H27N3O4. The maximum atomic E-state index is 12.6. The van der Waals surface area contributed by atoms with Gasteiger partial charge < -0.3 is 20.1 Å². The second kappa shape index (κ2) is 9.91.